The summed E-state index contributed by atoms with van der Waals surface area (Å²) >= 11 is 0. The van der Waals surface area contributed by atoms with Gasteiger partial charge in [-0.3, -0.25) is 4.68 Å². The molecule has 1 unspecified atom stereocenters. The summed E-state index contributed by atoms with van der Waals surface area (Å²) in [6.07, 6.45) is 8.38. The highest BCUT2D eigenvalue weighted by molar-refractivity contribution is 5.00. The maximum Gasteiger partial charge on any atom is 0.0492 e. The predicted molar refractivity (Wildman–Crippen MR) is 79.3 cm³/mol. The number of aromatic nitrogens is 2. The highest BCUT2D eigenvalue weighted by Gasteiger charge is 2.16. The number of hydrogen-bond acceptors (Lipinski definition) is 3. The Morgan fingerprint density at radius 3 is 3.00 bits per heavy atom. The number of aryl methyl sites for hydroxylation is 1. The van der Waals surface area contributed by atoms with Crippen LogP contribution in [0, 0.1) is 0 Å². The molecule has 1 N–H and O–H groups in total. The zero-order valence-electron chi connectivity index (χ0n) is 12.4. The summed E-state index contributed by atoms with van der Waals surface area (Å²) in [6.45, 7) is 7.10. The van der Waals surface area contributed by atoms with Crippen LogP contribution in [0.25, 0.3) is 0 Å². The van der Waals surface area contributed by atoms with Gasteiger partial charge in [0.1, 0.15) is 0 Å². The van der Waals surface area contributed by atoms with Crippen molar-refractivity contribution < 1.29 is 0 Å². The number of rotatable bonds is 7. The van der Waals surface area contributed by atoms with E-state index in [1.807, 2.05) is 17.9 Å². The molecule has 0 aromatic carbocycles. The molecule has 2 heterocycles. The molecule has 19 heavy (non-hydrogen) atoms. The molecule has 0 radical (unpaired) electrons. The highest BCUT2D eigenvalue weighted by Crippen LogP contribution is 2.15. The van der Waals surface area contributed by atoms with Crippen LogP contribution in [0.4, 0.5) is 0 Å². The first kappa shape index (κ1) is 14.5. The third kappa shape index (κ3) is 4.62. The Labute approximate surface area is 117 Å². The third-order valence-electron chi connectivity index (χ3n) is 4.22. The Morgan fingerprint density at radius 1 is 1.37 bits per heavy atom. The van der Waals surface area contributed by atoms with Crippen LogP contribution in [0.5, 0.6) is 0 Å². The quantitative estimate of drug-likeness (QED) is 0.763. The van der Waals surface area contributed by atoms with E-state index in [-0.39, 0.29) is 0 Å². The van der Waals surface area contributed by atoms with E-state index in [9.17, 15) is 0 Å². The molecule has 0 aliphatic carbocycles. The fourth-order valence-corrected chi connectivity index (χ4v) is 2.88. The van der Waals surface area contributed by atoms with Gasteiger partial charge in [-0.1, -0.05) is 6.42 Å². The van der Waals surface area contributed by atoms with E-state index in [1.165, 1.54) is 44.5 Å². The first-order valence-corrected chi connectivity index (χ1v) is 7.69. The Kier molecular flexibility index (Phi) is 5.86. The Morgan fingerprint density at radius 2 is 2.26 bits per heavy atom. The zero-order valence-corrected chi connectivity index (χ0v) is 12.4. The van der Waals surface area contributed by atoms with Crippen molar-refractivity contribution in [2.45, 2.75) is 45.1 Å². The molecule has 1 fully saturated rings. The number of nitrogens with one attached hydrogen (secondary N) is 1. The molecule has 0 saturated carbocycles. The standard InChI is InChI=1S/C15H28N4/c1-14-6-3-4-12-19(14)13-5-9-16-10-7-15-8-11-17-18(15)2/h8,11,14,16H,3-7,9-10,12-13H2,1-2H3. The number of hydrogen-bond donors (Lipinski definition) is 1. The molecular weight excluding hydrogens is 236 g/mol. The summed E-state index contributed by atoms with van der Waals surface area (Å²) in [6, 6.07) is 2.89. The van der Waals surface area contributed by atoms with Crippen molar-refractivity contribution in [2.24, 2.45) is 7.05 Å². The minimum atomic E-state index is 0.795. The fourth-order valence-electron chi connectivity index (χ4n) is 2.88. The molecule has 0 spiro atoms. The summed E-state index contributed by atoms with van der Waals surface area (Å²) in [5, 5.41) is 7.72. The molecular formula is C15H28N4. The zero-order chi connectivity index (χ0) is 13.5. The van der Waals surface area contributed by atoms with Crippen LogP contribution in [0.1, 0.15) is 38.3 Å². The lowest BCUT2D eigenvalue weighted by molar-refractivity contribution is 0.159. The molecule has 1 aromatic heterocycles. The van der Waals surface area contributed by atoms with E-state index in [2.05, 4.69) is 28.3 Å². The minimum absolute atomic E-state index is 0.795. The van der Waals surface area contributed by atoms with Gasteiger partial charge in [0.2, 0.25) is 0 Å². The lowest BCUT2D eigenvalue weighted by Crippen LogP contribution is -2.39. The average Bonchev–Trinajstić information content (AvgIpc) is 2.81. The molecule has 0 bridgehead atoms. The molecule has 1 aliphatic rings. The van der Waals surface area contributed by atoms with Gasteiger partial charge in [0, 0.05) is 37.9 Å². The van der Waals surface area contributed by atoms with Crippen LogP contribution < -0.4 is 5.32 Å². The molecule has 4 nitrogen and oxygen atoms in total. The summed E-state index contributed by atoms with van der Waals surface area (Å²) in [5.74, 6) is 0. The van der Waals surface area contributed by atoms with Crippen molar-refractivity contribution >= 4 is 0 Å². The molecule has 4 heteroatoms. The monoisotopic (exact) mass is 264 g/mol. The molecule has 1 atom stereocenters. The SMILES string of the molecule is CC1CCCCN1CCCNCCc1ccnn1C. The van der Waals surface area contributed by atoms with E-state index >= 15 is 0 Å². The second-order valence-corrected chi connectivity index (χ2v) is 5.68. The predicted octanol–water partition coefficient (Wildman–Crippen LogP) is 1.82. The van der Waals surface area contributed by atoms with Crippen LogP contribution in [0.3, 0.4) is 0 Å². The van der Waals surface area contributed by atoms with Gasteiger partial charge in [0.15, 0.2) is 0 Å². The summed E-state index contributed by atoms with van der Waals surface area (Å²) in [4.78, 5) is 2.65. The Hall–Kier alpha value is -0.870. The van der Waals surface area contributed by atoms with E-state index in [0.29, 0.717) is 0 Å². The van der Waals surface area contributed by atoms with Gasteiger partial charge in [-0.15, -0.1) is 0 Å². The molecule has 1 aliphatic heterocycles. The molecule has 1 saturated heterocycles. The fraction of sp³-hybridized carbons (Fsp3) is 0.800. The van der Waals surface area contributed by atoms with Crippen LogP contribution in [0.2, 0.25) is 0 Å². The first-order chi connectivity index (χ1) is 9.27. The van der Waals surface area contributed by atoms with Crippen molar-refractivity contribution in [1.29, 1.82) is 0 Å². The largest absolute Gasteiger partial charge is 0.316 e. The van der Waals surface area contributed by atoms with Gasteiger partial charge in [-0.2, -0.15) is 5.10 Å². The number of likely N-dealkylation sites (tertiary alicyclic amines) is 1. The summed E-state index contributed by atoms with van der Waals surface area (Å²) < 4.78 is 1.96. The second kappa shape index (κ2) is 7.65. The molecule has 1 aromatic rings. The second-order valence-electron chi connectivity index (χ2n) is 5.68. The van der Waals surface area contributed by atoms with Crippen LogP contribution in [-0.2, 0) is 13.5 Å². The van der Waals surface area contributed by atoms with E-state index in [1.54, 1.807) is 0 Å². The van der Waals surface area contributed by atoms with Crippen LogP contribution in [0.15, 0.2) is 12.3 Å². The molecule has 0 amide bonds. The van der Waals surface area contributed by atoms with Crippen molar-refractivity contribution in [3.8, 4) is 0 Å². The average molecular weight is 264 g/mol. The Bertz CT molecular complexity index is 361. The van der Waals surface area contributed by atoms with Gasteiger partial charge >= 0.3 is 0 Å². The maximum atomic E-state index is 4.18. The number of piperidine rings is 1. The van der Waals surface area contributed by atoms with Crippen molar-refractivity contribution in [1.82, 2.24) is 20.0 Å². The van der Waals surface area contributed by atoms with Gasteiger partial charge in [0.05, 0.1) is 0 Å². The summed E-state index contributed by atoms with van der Waals surface area (Å²) in [7, 11) is 2.01. The lowest BCUT2D eigenvalue weighted by atomic mass is 10.0. The normalized spacial score (nSPS) is 20.8. The third-order valence-corrected chi connectivity index (χ3v) is 4.22. The topological polar surface area (TPSA) is 33.1 Å². The Balaban J connectivity index is 1.51. The first-order valence-electron chi connectivity index (χ1n) is 7.69. The highest BCUT2D eigenvalue weighted by atomic mass is 15.3. The van der Waals surface area contributed by atoms with Crippen LogP contribution >= 0.6 is 0 Å². The van der Waals surface area contributed by atoms with Crippen molar-refractivity contribution in [3.05, 3.63) is 18.0 Å². The minimum Gasteiger partial charge on any atom is -0.316 e. The molecule has 108 valence electrons. The van der Waals surface area contributed by atoms with Crippen LogP contribution in [-0.4, -0.2) is 46.9 Å². The van der Waals surface area contributed by atoms with E-state index in [0.717, 1.165) is 25.6 Å². The lowest BCUT2D eigenvalue weighted by Gasteiger charge is -2.33. The van der Waals surface area contributed by atoms with E-state index in [4.69, 9.17) is 0 Å². The van der Waals surface area contributed by atoms with Gasteiger partial charge in [0.25, 0.3) is 0 Å². The van der Waals surface area contributed by atoms with Crippen molar-refractivity contribution in [3.63, 3.8) is 0 Å². The van der Waals surface area contributed by atoms with Crippen molar-refractivity contribution in [2.75, 3.05) is 26.2 Å². The summed E-state index contributed by atoms with van der Waals surface area (Å²) in [5.41, 5.74) is 1.30. The van der Waals surface area contributed by atoms with E-state index < -0.39 is 0 Å². The smallest absolute Gasteiger partial charge is 0.0492 e. The van der Waals surface area contributed by atoms with Gasteiger partial charge in [-0.05, 0) is 51.9 Å². The van der Waals surface area contributed by atoms with Gasteiger partial charge < -0.3 is 10.2 Å². The number of nitrogens with zero attached hydrogens (tertiary/aromatic N) is 3. The maximum absolute atomic E-state index is 4.18. The van der Waals surface area contributed by atoms with Gasteiger partial charge in [-0.25, -0.2) is 0 Å². The molecule has 2 rings (SSSR count).